The summed E-state index contributed by atoms with van der Waals surface area (Å²) in [5.41, 5.74) is 0.341. The zero-order chi connectivity index (χ0) is 17.7. The van der Waals surface area contributed by atoms with Crippen molar-refractivity contribution in [2.24, 2.45) is 0 Å². The predicted molar refractivity (Wildman–Crippen MR) is 89.1 cm³/mol. The van der Waals surface area contributed by atoms with E-state index in [1.807, 2.05) is 26.8 Å². The van der Waals surface area contributed by atoms with Gasteiger partial charge in [0, 0.05) is 31.2 Å². The molecule has 6 heteroatoms. The topological polar surface area (TPSA) is 41.6 Å². The highest BCUT2D eigenvalue weighted by Gasteiger charge is 2.31. The Morgan fingerprint density at radius 2 is 2.17 bits per heavy atom. The Kier molecular flexibility index (Phi) is 6.15. The molecule has 0 aliphatic carbocycles. The molecule has 2 rings (SSSR count). The minimum Gasteiger partial charge on any atom is -0.444 e. The maximum Gasteiger partial charge on any atom is 0.410 e. The molecule has 1 aliphatic rings. The number of hydrogen-bond acceptors (Lipinski definition) is 3. The van der Waals surface area contributed by atoms with Crippen molar-refractivity contribution in [3.63, 3.8) is 0 Å². The number of nitrogens with zero attached hydrogens (tertiary/aromatic N) is 1. The lowest BCUT2D eigenvalue weighted by molar-refractivity contribution is 0.0226. The maximum absolute atomic E-state index is 12.7. The van der Waals surface area contributed by atoms with Gasteiger partial charge < -0.3 is 15.0 Å². The van der Waals surface area contributed by atoms with Gasteiger partial charge in [-0.25, -0.2) is 13.6 Å². The van der Waals surface area contributed by atoms with Gasteiger partial charge in [-0.05, 0) is 45.2 Å². The molecule has 0 radical (unpaired) electrons. The number of alkyl halides is 2. The van der Waals surface area contributed by atoms with Crippen LogP contribution in [0.3, 0.4) is 0 Å². The van der Waals surface area contributed by atoms with Crippen LogP contribution in [-0.2, 0) is 11.3 Å². The summed E-state index contributed by atoms with van der Waals surface area (Å²) < 4.78 is 30.9. The van der Waals surface area contributed by atoms with Gasteiger partial charge in [-0.1, -0.05) is 18.2 Å². The Morgan fingerprint density at radius 3 is 2.83 bits per heavy atom. The van der Waals surface area contributed by atoms with Crippen LogP contribution in [-0.4, -0.2) is 35.7 Å². The molecule has 1 aromatic rings. The van der Waals surface area contributed by atoms with E-state index in [-0.39, 0.29) is 17.7 Å². The number of benzene rings is 1. The van der Waals surface area contributed by atoms with Gasteiger partial charge in [0.25, 0.3) is 6.43 Å². The van der Waals surface area contributed by atoms with Crippen LogP contribution in [0, 0.1) is 0 Å². The number of halogens is 2. The molecule has 1 fully saturated rings. The first kappa shape index (κ1) is 18.6. The van der Waals surface area contributed by atoms with Crippen molar-refractivity contribution in [1.82, 2.24) is 10.2 Å². The molecule has 1 N–H and O–H groups in total. The molecule has 0 spiro atoms. The van der Waals surface area contributed by atoms with Crippen molar-refractivity contribution in [2.75, 3.05) is 13.1 Å². The number of amides is 1. The van der Waals surface area contributed by atoms with Gasteiger partial charge in [-0.2, -0.15) is 0 Å². The van der Waals surface area contributed by atoms with E-state index >= 15 is 0 Å². The molecule has 134 valence electrons. The number of likely N-dealkylation sites (tertiary alicyclic amines) is 1. The summed E-state index contributed by atoms with van der Waals surface area (Å²) in [7, 11) is 0. The highest BCUT2D eigenvalue weighted by atomic mass is 19.3. The van der Waals surface area contributed by atoms with Crippen molar-refractivity contribution in [2.45, 2.75) is 58.2 Å². The number of carbonyl (C=O) groups is 1. The normalized spacial score (nSPS) is 18.2. The van der Waals surface area contributed by atoms with Gasteiger partial charge in [0.1, 0.15) is 5.60 Å². The quantitative estimate of drug-likeness (QED) is 0.877. The van der Waals surface area contributed by atoms with Gasteiger partial charge in [-0.15, -0.1) is 0 Å². The van der Waals surface area contributed by atoms with Crippen LogP contribution in [0.15, 0.2) is 24.3 Å². The van der Waals surface area contributed by atoms with E-state index in [1.165, 1.54) is 12.1 Å². The third-order valence-corrected chi connectivity index (χ3v) is 3.92. The molecule has 0 saturated carbocycles. The highest BCUT2D eigenvalue weighted by Crippen LogP contribution is 2.21. The Hall–Kier alpha value is -1.69. The first-order valence-corrected chi connectivity index (χ1v) is 8.33. The molecule has 4 nitrogen and oxygen atoms in total. The molecule has 1 aliphatic heterocycles. The average Bonchev–Trinajstić information content (AvgIpc) is 2.94. The first-order chi connectivity index (χ1) is 11.3. The summed E-state index contributed by atoms with van der Waals surface area (Å²) in [6.07, 6.45) is -0.871. The molecule has 1 atom stereocenters. The minimum absolute atomic E-state index is 0.0329. The van der Waals surface area contributed by atoms with Crippen LogP contribution in [0.5, 0.6) is 0 Å². The summed E-state index contributed by atoms with van der Waals surface area (Å²) in [5, 5.41) is 3.26. The van der Waals surface area contributed by atoms with Crippen LogP contribution in [0.4, 0.5) is 13.6 Å². The lowest BCUT2D eigenvalue weighted by atomic mass is 10.1. The fourth-order valence-electron chi connectivity index (χ4n) is 2.83. The number of rotatable bonds is 5. The number of ether oxygens (including phenoxy) is 1. The molecule has 0 aromatic heterocycles. The second kappa shape index (κ2) is 7.92. The third kappa shape index (κ3) is 5.44. The van der Waals surface area contributed by atoms with E-state index in [4.69, 9.17) is 4.74 Å². The van der Waals surface area contributed by atoms with Gasteiger partial charge in [-0.3, -0.25) is 0 Å². The Balaban J connectivity index is 1.85. The summed E-state index contributed by atoms with van der Waals surface area (Å²) in [4.78, 5) is 14.0. The summed E-state index contributed by atoms with van der Waals surface area (Å²) in [5.74, 6) is 0. The second-order valence-electron chi connectivity index (χ2n) is 7.15. The van der Waals surface area contributed by atoms with E-state index in [2.05, 4.69) is 5.32 Å². The highest BCUT2D eigenvalue weighted by molar-refractivity contribution is 5.69. The lowest BCUT2D eigenvalue weighted by Crippen LogP contribution is -2.44. The zero-order valence-corrected chi connectivity index (χ0v) is 14.5. The molecule has 0 bridgehead atoms. The van der Waals surface area contributed by atoms with E-state index in [0.29, 0.717) is 19.6 Å². The van der Waals surface area contributed by atoms with Crippen molar-refractivity contribution < 1.29 is 18.3 Å². The maximum atomic E-state index is 12.7. The van der Waals surface area contributed by atoms with Crippen molar-refractivity contribution in [1.29, 1.82) is 0 Å². The van der Waals surface area contributed by atoms with Crippen LogP contribution >= 0.6 is 0 Å². The molecular formula is C18H26F2N2O2. The van der Waals surface area contributed by atoms with Gasteiger partial charge in [0.2, 0.25) is 0 Å². The van der Waals surface area contributed by atoms with Gasteiger partial charge in [0.15, 0.2) is 0 Å². The molecule has 1 saturated heterocycles. The average molecular weight is 340 g/mol. The van der Waals surface area contributed by atoms with Crippen molar-refractivity contribution in [3.05, 3.63) is 35.4 Å². The van der Waals surface area contributed by atoms with E-state index in [1.54, 1.807) is 11.0 Å². The largest absolute Gasteiger partial charge is 0.444 e. The Labute approximate surface area is 142 Å². The fraction of sp³-hybridized carbons (Fsp3) is 0.611. The number of nitrogens with one attached hydrogen (secondary N) is 1. The number of hydrogen-bond donors (Lipinski definition) is 1. The third-order valence-electron chi connectivity index (χ3n) is 3.92. The Morgan fingerprint density at radius 1 is 1.42 bits per heavy atom. The molecule has 1 amide bonds. The monoisotopic (exact) mass is 340 g/mol. The van der Waals surface area contributed by atoms with E-state index < -0.39 is 12.0 Å². The standard InChI is InChI=1S/C18H26F2N2O2/c1-18(2,3)24-17(23)22-9-5-8-15(22)12-21-11-13-6-4-7-14(10-13)16(19)20/h4,6-7,10,15-16,21H,5,8-9,11-12H2,1-3H3. The molecule has 1 aromatic carbocycles. The van der Waals surface area contributed by atoms with Crippen LogP contribution in [0.25, 0.3) is 0 Å². The van der Waals surface area contributed by atoms with E-state index in [9.17, 15) is 13.6 Å². The van der Waals surface area contributed by atoms with Gasteiger partial charge in [0.05, 0.1) is 0 Å². The number of carbonyl (C=O) groups excluding carboxylic acids is 1. The second-order valence-corrected chi connectivity index (χ2v) is 7.15. The van der Waals surface area contributed by atoms with Crippen molar-refractivity contribution >= 4 is 6.09 Å². The summed E-state index contributed by atoms with van der Waals surface area (Å²) >= 11 is 0. The minimum atomic E-state index is -2.46. The summed E-state index contributed by atoms with van der Waals surface area (Å²) in [6, 6.07) is 6.48. The van der Waals surface area contributed by atoms with Crippen LogP contribution in [0.2, 0.25) is 0 Å². The summed E-state index contributed by atoms with van der Waals surface area (Å²) in [6.45, 7) is 7.37. The van der Waals surface area contributed by atoms with Crippen LogP contribution in [0.1, 0.15) is 51.2 Å². The van der Waals surface area contributed by atoms with E-state index in [0.717, 1.165) is 18.4 Å². The molecule has 24 heavy (non-hydrogen) atoms. The SMILES string of the molecule is CC(C)(C)OC(=O)N1CCCC1CNCc1cccc(C(F)F)c1. The zero-order valence-electron chi connectivity index (χ0n) is 14.5. The molecular weight excluding hydrogens is 314 g/mol. The lowest BCUT2D eigenvalue weighted by Gasteiger charge is -2.28. The first-order valence-electron chi connectivity index (χ1n) is 8.33. The molecule has 1 heterocycles. The predicted octanol–water partition coefficient (Wildman–Crippen LogP) is 4.11. The Bertz CT molecular complexity index is 558. The van der Waals surface area contributed by atoms with Crippen LogP contribution < -0.4 is 5.32 Å². The smallest absolute Gasteiger partial charge is 0.410 e. The van der Waals surface area contributed by atoms with Gasteiger partial charge >= 0.3 is 6.09 Å². The molecule has 1 unspecified atom stereocenters. The fourth-order valence-corrected chi connectivity index (χ4v) is 2.83. The van der Waals surface area contributed by atoms with Crippen molar-refractivity contribution in [3.8, 4) is 0 Å².